The van der Waals surface area contributed by atoms with Crippen LogP contribution in [0.1, 0.15) is 167 Å². The number of carbonyl (C=O) groups is 6. The molecule has 306 valence electrons. The van der Waals surface area contributed by atoms with E-state index in [2.05, 4.69) is 37.9 Å². The minimum atomic E-state index is -0.786. The van der Waals surface area contributed by atoms with Crippen molar-refractivity contribution in [1.82, 2.24) is 15.1 Å². The molecule has 4 rings (SSSR count). The molecule has 0 aromatic carbocycles. The number of fused-ring (bicyclic) bond motifs is 1. The van der Waals surface area contributed by atoms with Crippen molar-refractivity contribution in [3.8, 4) is 0 Å². The molecule has 0 unspecified atom stereocenters. The predicted molar refractivity (Wildman–Crippen MR) is 214 cm³/mol. The molecule has 54 heavy (non-hydrogen) atoms. The smallest absolute Gasteiger partial charge is 0.237 e. The lowest BCUT2D eigenvalue weighted by Gasteiger charge is -2.40. The molecule has 1 N–H and O–H groups in total. The normalized spacial score (nSPS) is 26.8. The van der Waals surface area contributed by atoms with E-state index < -0.39 is 46.3 Å². The molecule has 0 aromatic rings. The lowest BCUT2D eigenvalue weighted by Crippen LogP contribution is -2.58. The van der Waals surface area contributed by atoms with Crippen LogP contribution in [0.2, 0.25) is 0 Å². The molecule has 9 nitrogen and oxygen atoms in total. The summed E-state index contributed by atoms with van der Waals surface area (Å²) in [5.41, 5.74) is -1.37. The van der Waals surface area contributed by atoms with Gasteiger partial charge in [-0.1, -0.05) is 95.4 Å². The van der Waals surface area contributed by atoms with E-state index in [0.29, 0.717) is 25.8 Å². The first-order valence-electron chi connectivity index (χ1n) is 21.4. The summed E-state index contributed by atoms with van der Waals surface area (Å²) in [7, 11) is 0. The van der Waals surface area contributed by atoms with Gasteiger partial charge in [-0.15, -0.1) is 0 Å². The zero-order chi connectivity index (χ0) is 40.8. The zero-order valence-corrected chi connectivity index (χ0v) is 36.3. The summed E-state index contributed by atoms with van der Waals surface area (Å²) >= 11 is 0. The van der Waals surface area contributed by atoms with E-state index >= 15 is 4.79 Å². The van der Waals surface area contributed by atoms with Gasteiger partial charge in [-0.3, -0.25) is 33.7 Å². The van der Waals surface area contributed by atoms with Crippen LogP contribution in [0, 0.1) is 44.8 Å². The lowest BCUT2D eigenvalue weighted by molar-refractivity contribution is -0.147. The van der Waals surface area contributed by atoms with Gasteiger partial charge in [0.1, 0.15) is 0 Å². The van der Waals surface area contributed by atoms with E-state index in [4.69, 9.17) is 0 Å². The average Bonchev–Trinajstić information content (AvgIpc) is 3.26. The summed E-state index contributed by atoms with van der Waals surface area (Å²) in [6, 6.07) is -1.59. The maximum Gasteiger partial charge on any atom is 0.237 e. The van der Waals surface area contributed by atoms with Crippen LogP contribution < -0.4 is 5.32 Å². The van der Waals surface area contributed by atoms with Crippen molar-refractivity contribution < 1.29 is 28.8 Å². The highest BCUT2D eigenvalue weighted by atomic mass is 16.2. The van der Waals surface area contributed by atoms with Crippen LogP contribution in [0.25, 0.3) is 0 Å². The van der Waals surface area contributed by atoms with Crippen molar-refractivity contribution in [3.63, 3.8) is 0 Å². The number of Topliss-reactive ketones (excluding diaryl/α,β-unsaturated/α-hetero) is 4. The minimum absolute atomic E-state index is 0.0447. The second-order valence-electron chi connectivity index (χ2n) is 21.1. The van der Waals surface area contributed by atoms with Crippen LogP contribution in [-0.4, -0.2) is 82.0 Å². The molecule has 0 radical (unpaired) electrons. The van der Waals surface area contributed by atoms with E-state index in [-0.39, 0.29) is 76.9 Å². The van der Waals surface area contributed by atoms with Crippen molar-refractivity contribution in [2.24, 2.45) is 44.8 Å². The molecule has 2 saturated heterocycles. The molecule has 2 amide bonds. The minimum Gasteiger partial charge on any atom is -0.344 e. The Morgan fingerprint density at radius 2 is 1.43 bits per heavy atom. The third kappa shape index (κ3) is 8.32. The fourth-order valence-electron chi connectivity index (χ4n) is 11.0. The van der Waals surface area contributed by atoms with Gasteiger partial charge in [-0.2, -0.15) is 0 Å². The highest BCUT2D eigenvalue weighted by Crippen LogP contribution is 2.88. The average molecular weight is 754 g/mol. The van der Waals surface area contributed by atoms with Crippen molar-refractivity contribution in [1.29, 1.82) is 0 Å². The maximum absolute atomic E-state index is 15.1. The molecule has 2 saturated carbocycles. The Morgan fingerprint density at radius 3 is 1.91 bits per heavy atom. The molecule has 9 heteroatoms. The van der Waals surface area contributed by atoms with Gasteiger partial charge in [0.15, 0.2) is 17.3 Å². The molecule has 4 aliphatic rings. The highest BCUT2D eigenvalue weighted by molar-refractivity contribution is 6.38. The monoisotopic (exact) mass is 754 g/mol. The molecular formula is C45H75N3O6. The number of amides is 2. The topological polar surface area (TPSA) is 121 Å². The zero-order valence-electron chi connectivity index (χ0n) is 36.3. The van der Waals surface area contributed by atoms with Crippen molar-refractivity contribution in [2.75, 3.05) is 13.1 Å². The number of piperidine rings is 1. The summed E-state index contributed by atoms with van der Waals surface area (Å²) in [5.74, 6) is -2.92. The van der Waals surface area contributed by atoms with E-state index in [1.165, 1.54) is 0 Å². The van der Waals surface area contributed by atoms with E-state index in [0.717, 1.165) is 45.1 Å². The van der Waals surface area contributed by atoms with Crippen molar-refractivity contribution in [2.45, 2.75) is 191 Å². The van der Waals surface area contributed by atoms with Crippen molar-refractivity contribution in [3.05, 3.63) is 0 Å². The first-order valence-corrected chi connectivity index (χ1v) is 21.4. The van der Waals surface area contributed by atoms with Crippen LogP contribution >= 0.6 is 0 Å². The molecule has 2 spiro atoms. The van der Waals surface area contributed by atoms with Gasteiger partial charge in [-0.25, -0.2) is 0 Å². The van der Waals surface area contributed by atoms with Gasteiger partial charge < -0.3 is 10.2 Å². The fraction of sp³-hybridized carbons (Fsp3) is 0.867. The van der Waals surface area contributed by atoms with Crippen LogP contribution in [0.4, 0.5) is 0 Å². The molecule has 0 aromatic heterocycles. The molecule has 2 heterocycles. The summed E-state index contributed by atoms with van der Waals surface area (Å²) in [4.78, 5) is 88.4. The third-order valence-electron chi connectivity index (χ3n) is 14.5. The highest BCUT2D eigenvalue weighted by Gasteiger charge is 2.85. The van der Waals surface area contributed by atoms with Gasteiger partial charge >= 0.3 is 0 Å². The van der Waals surface area contributed by atoms with E-state index in [9.17, 15) is 24.0 Å². The number of ketones is 4. The third-order valence-corrected chi connectivity index (χ3v) is 14.5. The predicted octanol–water partition coefficient (Wildman–Crippen LogP) is 7.76. The van der Waals surface area contributed by atoms with Crippen LogP contribution in [-0.2, 0) is 28.8 Å². The number of carbonyl (C=O) groups excluding carboxylic acids is 6. The van der Waals surface area contributed by atoms with Crippen LogP contribution in [0.3, 0.4) is 0 Å². The quantitative estimate of drug-likeness (QED) is 0.160. The Balaban J connectivity index is 1.64. The molecule has 4 fully saturated rings. The number of nitrogens with one attached hydrogen (secondary N) is 1. The van der Waals surface area contributed by atoms with Crippen molar-refractivity contribution >= 4 is 34.9 Å². The second kappa shape index (κ2) is 16.2. The van der Waals surface area contributed by atoms with E-state index in [1.54, 1.807) is 4.90 Å². The lowest BCUT2D eigenvalue weighted by atomic mass is 9.73. The largest absolute Gasteiger partial charge is 0.344 e. The van der Waals surface area contributed by atoms with Crippen LogP contribution in [0.5, 0.6) is 0 Å². The summed E-state index contributed by atoms with van der Waals surface area (Å²) < 4.78 is 0. The Morgan fingerprint density at radius 1 is 0.796 bits per heavy atom. The van der Waals surface area contributed by atoms with E-state index in [1.807, 2.05) is 62.3 Å². The standard InChI is InChI=1S/C45H75N3O6/c1-14-18-30(37(52)35(50)23-28(2)3)24-34(49)33-26-45(43(12,13)44(45)20-17-21-44)27-48(33)40(54)31(41(6,7)8)25-36(51)38(42(9,10)11)46-39(53)32-19-15-16-22-47(32)29(4)5/h28-33,38H,14-27H2,1-13H3,(H,46,53)/t30-,31-,32-,33+,38-,45-/m1/s1. The summed E-state index contributed by atoms with van der Waals surface area (Å²) in [5, 5.41) is 3.16. The molecule has 2 aliphatic heterocycles. The van der Waals surface area contributed by atoms with Gasteiger partial charge in [-0.05, 0) is 86.5 Å². The number of rotatable bonds is 16. The van der Waals surface area contributed by atoms with Gasteiger partial charge in [0, 0.05) is 49.1 Å². The SMILES string of the molecule is CCC[C@H](CC(=O)[C@@H]1C[C@@]2(CN1C(=O)[C@@H](CC(=O)[C@@H](NC(=O)[C@H]1CCCCN1C(C)C)C(C)(C)C)C(C)(C)C)C(C)(C)C21CCC1)C(=O)C(=O)CC(C)C. The number of hydrogen-bond donors (Lipinski definition) is 1. The Labute approximate surface area is 327 Å². The second-order valence-corrected chi connectivity index (χ2v) is 21.1. The molecule has 2 aliphatic carbocycles. The molecular weight excluding hydrogens is 679 g/mol. The molecule has 6 atom stereocenters. The Bertz CT molecular complexity index is 1450. The Kier molecular flexibility index (Phi) is 13.3. The summed E-state index contributed by atoms with van der Waals surface area (Å²) in [6.07, 6.45) is 7.77. The first kappa shape index (κ1) is 44.3. The fourth-order valence-corrected chi connectivity index (χ4v) is 11.0. The first-order chi connectivity index (χ1) is 24.9. The van der Waals surface area contributed by atoms with Crippen LogP contribution in [0.15, 0.2) is 0 Å². The maximum atomic E-state index is 15.1. The number of likely N-dealkylation sites (tertiary alicyclic amines) is 2. The van der Waals surface area contributed by atoms with Gasteiger partial charge in [0.25, 0.3) is 0 Å². The summed E-state index contributed by atoms with van der Waals surface area (Å²) in [6.45, 7) is 27.6. The van der Waals surface area contributed by atoms with Gasteiger partial charge in [0.05, 0.1) is 18.1 Å². The number of nitrogens with zero attached hydrogens (tertiary/aromatic N) is 2. The Hall–Kier alpha value is -2.42. The van der Waals surface area contributed by atoms with Gasteiger partial charge in [0.2, 0.25) is 17.6 Å². The molecule has 0 bridgehead atoms. The number of hydrogen-bond acceptors (Lipinski definition) is 7.